The Morgan fingerprint density at radius 1 is 1.19 bits per heavy atom. The number of anilines is 1. The molecule has 1 aliphatic heterocycles. The Balaban J connectivity index is 1.92. The van der Waals surface area contributed by atoms with Gasteiger partial charge in [-0.1, -0.05) is 39.0 Å². The average molecular weight is 360 g/mol. The van der Waals surface area contributed by atoms with Crippen molar-refractivity contribution in [2.45, 2.75) is 52.4 Å². The molecule has 0 atom stereocenters. The molecular weight excluding hydrogens is 328 g/mol. The number of esters is 1. The Morgan fingerprint density at radius 3 is 2.46 bits per heavy atom. The number of ether oxygens (including phenoxy) is 1. The van der Waals surface area contributed by atoms with Crippen LogP contribution in [0.15, 0.2) is 24.3 Å². The van der Waals surface area contributed by atoms with Crippen molar-refractivity contribution in [1.82, 2.24) is 4.90 Å². The lowest BCUT2D eigenvalue weighted by Crippen LogP contribution is -2.43. The smallest absolute Gasteiger partial charge is 0.305 e. The zero-order valence-corrected chi connectivity index (χ0v) is 16.5. The molecule has 5 nitrogen and oxygen atoms in total. The summed E-state index contributed by atoms with van der Waals surface area (Å²) < 4.78 is 4.68. The predicted octanol–water partition coefficient (Wildman–Crippen LogP) is 3.80. The lowest BCUT2D eigenvalue weighted by atomic mass is 9.86. The minimum atomic E-state index is -0.314. The molecule has 144 valence electrons. The maximum Gasteiger partial charge on any atom is 0.305 e. The molecule has 0 aromatic heterocycles. The monoisotopic (exact) mass is 360 g/mol. The van der Waals surface area contributed by atoms with Crippen molar-refractivity contribution < 1.29 is 14.3 Å². The Kier molecular flexibility index (Phi) is 7.06. The van der Waals surface area contributed by atoms with Gasteiger partial charge in [0.25, 0.3) is 0 Å². The third-order valence-corrected chi connectivity index (χ3v) is 4.93. The maximum absolute atomic E-state index is 12.5. The van der Waals surface area contributed by atoms with Crippen molar-refractivity contribution >= 4 is 17.6 Å². The molecule has 1 aliphatic rings. The number of piperidine rings is 1. The number of hydrogen-bond acceptors (Lipinski definition) is 4. The molecule has 1 amide bonds. The van der Waals surface area contributed by atoms with Gasteiger partial charge in [0.05, 0.1) is 7.11 Å². The van der Waals surface area contributed by atoms with E-state index < -0.39 is 0 Å². The Bertz CT molecular complexity index is 614. The van der Waals surface area contributed by atoms with E-state index in [-0.39, 0.29) is 17.3 Å². The molecule has 2 rings (SSSR count). The second-order valence-corrected chi connectivity index (χ2v) is 8.01. The Labute approximate surface area is 157 Å². The topological polar surface area (TPSA) is 58.6 Å². The van der Waals surface area contributed by atoms with Gasteiger partial charge in [-0.05, 0) is 36.8 Å². The van der Waals surface area contributed by atoms with E-state index in [0.717, 1.165) is 44.6 Å². The van der Waals surface area contributed by atoms with E-state index >= 15 is 0 Å². The second kappa shape index (κ2) is 9.06. The molecule has 0 radical (unpaired) electrons. The molecule has 1 heterocycles. The molecule has 0 saturated carbocycles. The fraction of sp³-hybridized carbons (Fsp3) is 0.619. The normalized spacial score (nSPS) is 15.6. The fourth-order valence-corrected chi connectivity index (χ4v) is 3.44. The number of para-hydroxylation sites is 1. The van der Waals surface area contributed by atoms with Crippen molar-refractivity contribution in [2.24, 2.45) is 5.41 Å². The van der Waals surface area contributed by atoms with Crippen molar-refractivity contribution in [3.05, 3.63) is 29.8 Å². The molecule has 1 N–H and O–H groups in total. The first-order valence-electron chi connectivity index (χ1n) is 9.52. The number of benzene rings is 1. The van der Waals surface area contributed by atoms with E-state index in [9.17, 15) is 9.59 Å². The number of nitrogens with one attached hydrogen (secondary N) is 1. The fourth-order valence-electron chi connectivity index (χ4n) is 3.44. The van der Waals surface area contributed by atoms with E-state index in [4.69, 9.17) is 0 Å². The quantitative estimate of drug-likeness (QED) is 0.619. The summed E-state index contributed by atoms with van der Waals surface area (Å²) in [6.07, 6.45) is 3.16. The van der Waals surface area contributed by atoms with Crippen LogP contribution in [0, 0.1) is 5.41 Å². The number of nitrogens with zero attached hydrogens (tertiary/aromatic N) is 1. The molecule has 0 spiro atoms. The minimum Gasteiger partial charge on any atom is -0.469 e. The van der Waals surface area contributed by atoms with Crippen molar-refractivity contribution in [1.29, 1.82) is 0 Å². The molecule has 0 aliphatic carbocycles. The molecule has 1 aromatic carbocycles. The van der Waals surface area contributed by atoms with Gasteiger partial charge in [0.15, 0.2) is 0 Å². The maximum atomic E-state index is 12.5. The van der Waals surface area contributed by atoms with Crippen LogP contribution in [0.2, 0.25) is 0 Å². The number of carbonyl (C=O) groups excluding carboxylic acids is 2. The van der Waals surface area contributed by atoms with E-state index in [1.54, 1.807) is 0 Å². The molecule has 0 bridgehead atoms. The largest absolute Gasteiger partial charge is 0.469 e. The van der Waals surface area contributed by atoms with Crippen LogP contribution < -0.4 is 5.32 Å². The van der Waals surface area contributed by atoms with Crippen LogP contribution in [0.1, 0.15) is 57.9 Å². The van der Waals surface area contributed by atoms with Gasteiger partial charge >= 0.3 is 5.97 Å². The highest BCUT2D eigenvalue weighted by Crippen LogP contribution is 2.34. The van der Waals surface area contributed by atoms with Crippen molar-refractivity contribution in [3.63, 3.8) is 0 Å². The van der Waals surface area contributed by atoms with Crippen LogP contribution in [0.3, 0.4) is 0 Å². The van der Waals surface area contributed by atoms with Crippen molar-refractivity contribution in [3.8, 4) is 0 Å². The highest BCUT2D eigenvalue weighted by molar-refractivity contribution is 5.81. The first-order chi connectivity index (χ1) is 12.3. The van der Waals surface area contributed by atoms with Crippen LogP contribution in [-0.4, -0.2) is 43.5 Å². The Morgan fingerprint density at radius 2 is 1.85 bits per heavy atom. The summed E-state index contributed by atoms with van der Waals surface area (Å²) in [4.78, 5) is 25.7. The number of carbonyl (C=O) groups is 2. The predicted molar refractivity (Wildman–Crippen MR) is 104 cm³/mol. The summed E-state index contributed by atoms with van der Waals surface area (Å²) in [7, 11) is 1.42. The number of amides is 1. The average Bonchev–Trinajstić information content (AvgIpc) is 2.64. The molecule has 0 unspecified atom stereocenters. The standard InChI is InChI=1S/C21H32N2O3/c1-21(2,3)20(25)23-14-11-16(12-15-23)17-8-5-6-9-18(17)22-13-7-10-19(24)26-4/h5-6,8-9,16,22H,7,10-15H2,1-4H3. The lowest BCUT2D eigenvalue weighted by Gasteiger charge is -2.36. The van der Waals surface area contributed by atoms with Crippen LogP contribution in [-0.2, 0) is 14.3 Å². The molecule has 26 heavy (non-hydrogen) atoms. The van der Waals surface area contributed by atoms with Crippen LogP contribution in [0.5, 0.6) is 0 Å². The molecule has 5 heteroatoms. The summed E-state index contributed by atoms with van der Waals surface area (Å²) in [5, 5.41) is 3.46. The first kappa shape index (κ1) is 20.3. The summed E-state index contributed by atoms with van der Waals surface area (Å²) in [6.45, 7) is 8.32. The van der Waals surface area contributed by atoms with E-state index in [1.807, 2.05) is 31.7 Å². The van der Waals surface area contributed by atoms with Gasteiger partial charge in [-0.25, -0.2) is 0 Å². The lowest BCUT2D eigenvalue weighted by molar-refractivity contribution is -0.141. The molecular formula is C21H32N2O3. The number of likely N-dealkylation sites (tertiary alicyclic amines) is 1. The molecule has 1 saturated heterocycles. The van der Waals surface area contributed by atoms with E-state index in [0.29, 0.717) is 12.3 Å². The van der Waals surface area contributed by atoms with Gasteiger partial charge in [0.1, 0.15) is 0 Å². The highest BCUT2D eigenvalue weighted by Gasteiger charge is 2.31. The summed E-state index contributed by atoms with van der Waals surface area (Å²) >= 11 is 0. The zero-order chi connectivity index (χ0) is 19.2. The Hall–Kier alpha value is -2.04. The third kappa shape index (κ3) is 5.48. The van der Waals surface area contributed by atoms with E-state index in [1.165, 1.54) is 12.7 Å². The number of methoxy groups -OCH3 is 1. The van der Waals surface area contributed by atoms with Gasteiger partial charge in [-0.2, -0.15) is 0 Å². The SMILES string of the molecule is COC(=O)CCCNc1ccccc1C1CCN(C(=O)C(C)(C)C)CC1. The van der Waals surface area contributed by atoms with Crippen molar-refractivity contribution in [2.75, 3.05) is 32.1 Å². The first-order valence-corrected chi connectivity index (χ1v) is 9.52. The van der Waals surface area contributed by atoms with E-state index in [2.05, 4.69) is 28.3 Å². The number of rotatable bonds is 6. The minimum absolute atomic E-state index is 0.170. The second-order valence-electron chi connectivity index (χ2n) is 8.01. The molecule has 1 aromatic rings. The summed E-state index contributed by atoms with van der Waals surface area (Å²) in [5.74, 6) is 0.532. The van der Waals surface area contributed by atoms with Gasteiger partial charge in [0.2, 0.25) is 5.91 Å². The number of hydrogen-bond donors (Lipinski definition) is 1. The summed E-state index contributed by atoms with van der Waals surface area (Å²) in [6, 6.07) is 8.38. The van der Waals surface area contributed by atoms with Gasteiger partial charge in [0, 0.05) is 37.2 Å². The van der Waals surface area contributed by atoms with Gasteiger partial charge in [-0.15, -0.1) is 0 Å². The van der Waals surface area contributed by atoms with Gasteiger partial charge in [-0.3, -0.25) is 9.59 Å². The van der Waals surface area contributed by atoms with Gasteiger partial charge < -0.3 is 15.0 Å². The van der Waals surface area contributed by atoms with Crippen LogP contribution in [0.4, 0.5) is 5.69 Å². The highest BCUT2D eigenvalue weighted by atomic mass is 16.5. The zero-order valence-electron chi connectivity index (χ0n) is 16.5. The van der Waals surface area contributed by atoms with Crippen LogP contribution >= 0.6 is 0 Å². The molecule has 1 fully saturated rings. The summed E-state index contributed by atoms with van der Waals surface area (Å²) in [5.41, 5.74) is 2.14. The third-order valence-electron chi connectivity index (χ3n) is 4.93. The van der Waals surface area contributed by atoms with Crippen LogP contribution in [0.25, 0.3) is 0 Å².